The first-order valence-corrected chi connectivity index (χ1v) is 8.55. The summed E-state index contributed by atoms with van der Waals surface area (Å²) >= 11 is 1.43. The molecule has 0 aliphatic heterocycles. The summed E-state index contributed by atoms with van der Waals surface area (Å²) in [6, 6.07) is 2.11. The van der Waals surface area contributed by atoms with Gasteiger partial charge in [-0.1, -0.05) is 5.16 Å². The van der Waals surface area contributed by atoms with Crippen LogP contribution in [0.3, 0.4) is 0 Å². The van der Waals surface area contributed by atoms with E-state index in [2.05, 4.69) is 39.9 Å². The molecule has 1 amide bonds. The molecule has 0 radical (unpaired) electrons. The number of anilines is 1. The smallest absolute Gasteiger partial charge is 0.230 e. The van der Waals surface area contributed by atoms with Crippen LogP contribution in [0.5, 0.6) is 0 Å². The van der Waals surface area contributed by atoms with Crippen LogP contribution in [0, 0.1) is 27.7 Å². The molecule has 3 aromatic rings. The van der Waals surface area contributed by atoms with Crippen LogP contribution in [0.15, 0.2) is 16.0 Å². The van der Waals surface area contributed by atoms with Crippen molar-refractivity contribution in [3.63, 3.8) is 0 Å². The molecule has 6 nitrogen and oxygen atoms in total. The lowest BCUT2D eigenvalue weighted by molar-refractivity contribution is -0.115. The molecule has 7 heteroatoms. The van der Waals surface area contributed by atoms with Crippen LogP contribution < -0.4 is 5.32 Å². The molecular weight excluding hydrogens is 324 g/mol. The van der Waals surface area contributed by atoms with Crippen molar-refractivity contribution in [2.45, 2.75) is 34.1 Å². The number of carbonyl (C=O) groups excluding carboxylic acids is 1. The van der Waals surface area contributed by atoms with Crippen LogP contribution in [0.1, 0.15) is 28.4 Å². The maximum absolute atomic E-state index is 12.2. The van der Waals surface area contributed by atoms with Gasteiger partial charge in [-0.05, 0) is 33.8 Å². The van der Waals surface area contributed by atoms with Gasteiger partial charge in [-0.3, -0.25) is 4.79 Å². The predicted octanol–water partition coefficient (Wildman–Crippen LogP) is 3.55. The first-order chi connectivity index (χ1) is 11.4. The normalized spacial score (nSPS) is 11.0. The van der Waals surface area contributed by atoms with Crippen LogP contribution in [0.4, 0.5) is 5.13 Å². The molecule has 0 aliphatic rings. The molecule has 0 aromatic carbocycles. The summed E-state index contributed by atoms with van der Waals surface area (Å²) in [6.07, 6.45) is 0.236. The quantitative estimate of drug-likeness (QED) is 0.785. The second-order valence-electron chi connectivity index (χ2n) is 5.91. The van der Waals surface area contributed by atoms with Gasteiger partial charge in [-0.25, -0.2) is 4.98 Å². The van der Waals surface area contributed by atoms with E-state index < -0.39 is 0 Å². The van der Waals surface area contributed by atoms with Gasteiger partial charge in [0.1, 0.15) is 5.76 Å². The lowest BCUT2D eigenvalue weighted by Gasteiger charge is -2.02. The van der Waals surface area contributed by atoms with Crippen LogP contribution in [-0.4, -0.2) is 20.6 Å². The zero-order valence-corrected chi connectivity index (χ0v) is 15.2. The highest BCUT2D eigenvalue weighted by Crippen LogP contribution is 2.29. The highest BCUT2D eigenvalue weighted by Gasteiger charge is 2.16. The third kappa shape index (κ3) is 2.99. The molecule has 0 saturated carbocycles. The molecule has 3 aromatic heterocycles. The molecule has 3 rings (SSSR count). The van der Waals surface area contributed by atoms with Gasteiger partial charge in [0, 0.05) is 34.9 Å². The third-order valence-corrected chi connectivity index (χ3v) is 5.08. The maximum atomic E-state index is 12.2. The second kappa shape index (κ2) is 6.24. The Labute approximate surface area is 144 Å². The van der Waals surface area contributed by atoms with E-state index in [9.17, 15) is 4.79 Å². The monoisotopic (exact) mass is 344 g/mol. The number of carbonyl (C=O) groups is 1. The fraction of sp³-hybridized carbons (Fsp3) is 0.353. The van der Waals surface area contributed by atoms with Gasteiger partial charge in [0.2, 0.25) is 5.91 Å². The Hall–Kier alpha value is -2.41. The summed E-state index contributed by atoms with van der Waals surface area (Å²) in [4.78, 5) is 16.8. The number of aromatic nitrogens is 3. The molecule has 1 N–H and O–H groups in total. The van der Waals surface area contributed by atoms with Crippen LogP contribution in [0.25, 0.3) is 11.3 Å². The first kappa shape index (κ1) is 16.4. The van der Waals surface area contributed by atoms with E-state index in [1.807, 2.05) is 26.3 Å². The Morgan fingerprint density at radius 2 is 2.08 bits per heavy atom. The standard InChI is InChI=1S/C17H20N4O2S/c1-9-6-14(11(3)21(9)5)15-8-24-17(18-15)19-16(22)7-13-10(2)20-23-12(13)4/h6,8H,7H2,1-5H3,(H,18,19,22). The lowest BCUT2D eigenvalue weighted by Crippen LogP contribution is -2.15. The molecule has 0 fully saturated rings. The summed E-state index contributed by atoms with van der Waals surface area (Å²) in [6.45, 7) is 7.78. The molecule has 0 saturated heterocycles. The van der Waals surface area contributed by atoms with E-state index >= 15 is 0 Å². The zero-order chi connectivity index (χ0) is 17.4. The van der Waals surface area contributed by atoms with Crippen molar-refractivity contribution in [1.82, 2.24) is 14.7 Å². The minimum atomic E-state index is -0.119. The van der Waals surface area contributed by atoms with Crippen molar-refractivity contribution in [2.75, 3.05) is 5.32 Å². The van der Waals surface area contributed by atoms with Crippen molar-refractivity contribution in [2.24, 2.45) is 7.05 Å². The summed E-state index contributed by atoms with van der Waals surface area (Å²) in [5.41, 5.74) is 5.90. The summed E-state index contributed by atoms with van der Waals surface area (Å²) in [7, 11) is 2.03. The summed E-state index contributed by atoms with van der Waals surface area (Å²) in [5, 5.41) is 9.29. The Morgan fingerprint density at radius 3 is 2.67 bits per heavy atom. The highest BCUT2D eigenvalue weighted by molar-refractivity contribution is 7.14. The highest BCUT2D eigenvalue weighted by atomic mass is 32.1. The number of aryl methyl sites for hydroxylation is 3. The van der Waals surface area contributed by atoms with Gasteiger partial charge in [-0.2, -0.15) is 0 Å². The topological polar surface area (TPSA) is 73.0 Å². The van der Waals surface area contributed by atoms with E-state index in [0.717, 1.165) is 28.2 Å². The molecule has 0 atom stereocenters. The van der Waals surface area contributed by atoms with E-state index in [-0.39, 0.29) is 12.3 Å². The van der Waals surface area contributed by atoms with E-state index in [1.54, 1.807) is 0 Å². The van der Waals surface area contributed by atoms with Gasteiger partial charge in [0.15, 0.2) is 5.13 Å². The van der Waals surface area contributed by atoms with Crippen molar-refractivity contribution < 1.29 is 9.32 Å². The molecule has 0 unspecified atom stereocenters. The molecular formula is C17H20N4O2S. The van der Waals surface area contributed by atoms with Crippen LogP contribution in [-0.2, 0) is 18.3 Å². The van der Waals surface area contributed by atoms with Crippen LogP contribution in [0.2, 0.25) is 0 Å². The average molecular weight is 344 g/mol. The molecule has 24 heavy (non-hydrogen) atoms. The van der Waals surface area contributed by atoms with E-state index in [0.29, 0.717) is 10.9 Å². The number of nitrogens with zero attached hydrogens (tertiary/aromatic N) is 3. The molecule has 126 valence electrons. The van der Waals surface area contributed by atoms with Gasteiger partial charge in [0.05, 0.1) is 17.8 Å². The number of hydrogen-bond acceptors (Lipinski definition) is 5. The Bertz CT molecular complexity index is 884. The number of nitrogens with one attached hydrogen (secondary N) is 1. The molecule has 0 spiro atoms. The van der Waals surface area contributed by atoms with Gasteiger partial charge >= 0.3 is 0 Å². The van der Waals surface area contributed by atoms with Crippen LogP contribution >= 0.6 is 11.3 Å². The second-order valence-corrected chi connectivity index (χ2v) is 6.77. The van der Waals surface area contributed by atoms with Crippen molar-refractivity contribution in [3.05, 3.63) is 39.9 Å². The minimum Gasteiger partial charge on any atom is -0.361 e. The molecule has 0 bridgehead atoms. The molecule has 0 aliphatic carbocycles. The Morgan fingerprint density at radius 1 is 1.33 bits per heavy atom. The fourth-order valence-corrected chi connectivity index (χ4v) is 3.37. The SMILES string of the molecule is Cc1noc(C)c1CC(=O)Nc1nc(-c2cc(C)n(C)c2C)cs1. The Balaban J connectivity index is 1.74. The van der Waals surface area contributed by atoms with Crippen molar-refractivity contribution in [3.8, 4) is 11.3 Å². The number of hydrogen-bond donors (Lipinski definition) is 1. The van der Waals surface area contributed by atoms with Crippen molar-refractivity contribution in [1.29, 1.82) is 0 Å². The third-order valence-electron chi connectivity index (χ3n) is 4.32. The maximum Gasteiger partial charge on any atom is 0.230 e. The van der Waals surface area contributed by atoms with E-state index in [4.69, 9.17) is 4.52 Å². The van der Waals surface area contributed by atoms with Gasteiger partial charge in [-0.15, -0.1) is 11.3 Å². The lowest BCUT2D eigenvalue weighted by atomic mass is 10.1. The first-order valence-electron chi connectivity index (χ1n) is 7.67. The zero-order valence-electron chi connectivity index (χ0n) is 14.4. The summed E-state index contributed by atoms with van der Waals surface area (Å²) in [5.74, 6) is 0.559. The predicted molar refractivity (Wildman–Crippen MR) is 94.3 cm³/mol. The number of thiazole rings is 1. The fourth-order valence-electron chi connectivity index (χ4n) is 2.65. The number of rotatable bonds is 4. The largest absolute Gasteiger partial charge is 0.361 e. The van der Waals surface area contributed by atoms with E-state index in [1.165, 1.54) is 17.0 Å². The van der Waals surface area contributed by atoms with Gasteiger partial charge < -0.3 is 14.4 Å². The average Bonchev–Trinajstić information content (AvgIpc) is 3.18. The minimum absolute atomic E-state index is 0.119. The van der Waals surface area contributed by atoms with Crippen molar-refractivity contribution >= 4 is 22.4 Å². The van der Waals surface area contributed by atoms with Gasteiger partial charge in [0.25, 0.3) is 0 Å². The summed E-state index contributed by atoms with van der Waals surface area (Å²) < 4.78 is 7.22. The number of amides is 1. The molecule has 3 heterocycles. The Kier molecular flexibility index (Phi) is 4.28.